The van der Waals surface area contributed by atoms with E-state index >= 15 is 0 Å². The summed E-state index contributed by atoms with van der Waals surface area (Å²) in [6, 6.07) is 4.79. The van der Waals surface area contributed by atoms with E-state index in [1.807, 2.05) is 0 Å². The van der Waals surface area contributed by atoms with Gasteiger partial charge in [0.25, 0.3) is 0 Å². The van der Waals surface area contributed by atoms with E-state index in [0.717, 1.165) is 5.56 Å². The quantitative estimate of drug-likeness (QED) is 0.742. The molecule has 0 bridgehead atoms. The minimum Gasteiger partial charge on any atom is -0.506 e. The van der Waals surface area contributed by atoms with Crippen LogP contribution in [0.5, 0.6) is 5.75 Å². The third kappa shape index (κ3) is 3.33. The Kier molecular flexibility index (Phi) is 3.99. The van der Waals surface area contributed by atoms with Crippen LogP contribution in [0.4, 0.5) is 5.69 Å². The lowest BCUT2D eigenvalue weighted by Gasteiger charge is -2.06. The zero-order chi connectivity index (χ0) is 14.7. The second-order valence-electron chi connectivity index (χ2n) is 4.18. The van der Waals surface area contributed by atoms with Crippen molar-refractivity contribution in [2.75, 3.05) is 5.32 Å². The highest BCUT2D eigenvalue weighted by Crippen LogP contribution is 2.30. The number of anilines is 1. The molecule has 6 nitrogen and oxygen atoms in total. The van der Waals surface area contributed by atoms with Gasteiger partial charge in [0, 0.05) is 17.9 Å². The Morgan fingerprint density at radius 2 is 2.20 bits per heavy atom. The van der Waals surface area contributed by atoms with Crippen LogP contribution in [0, 0.1) is 0 Å². The summed E-state index contributed by atoms with van der Waals surface area (Å²) in [4.78, 5) is 26.2. The number of primary amides is 1. The zero-order valence-corrected chi connectivity index (χ0v) is 11.5. The zero-order valence-electron chi connectivity index (χ0n) is 10.7. The normalized spacial score (nSPS) is 10.2. The van der Waals surface area contributed by atoms with Gasteiger partial charge in [-0.1, -0.05) is 0 Å². The number of aromatic nitrogens is 1. The van der Waals surface area contributed by atoms with Crippen molar-refractivity contribution < 1.29 is 14.7 Å². The number of benzene rings is 1. The number of phenols is 1. The van der Waals surface area contributed by atoms with E-state index in [-0.39, 0.29) is 18.1 Å². The monoisotopic (exact) mass is 291 g/mol. The van der Waals surface area contributed by atoms with Crippen molar-refractivity contribution in [3.05, 3.63) is 28.6 Å². The van der Waals surface area contributed by atoms with Crippen molar-refractivity contribution in [2.45, 2.75) is 13.3 Å². The molecule has 2 aromatic rings. The fourth-order valence-electron chi connectivity index (χ4n) is 1.66. The summed E-state index contributed by atoms with van der Waals surface area (Å²) in [5.74, 6) is -0.725. The van der Waals surface area contributed by atoms with E-state index in [1.165, 1.54) is 24.3 Å². The van der Waals surface area contributed by atoms with E-state index in [0.29, 0.717) is 16.4 Å². The molecule has 0 saturated heterocycles. The molecule has 7 heteroatoms. The topological polar surface area (TPSA) is 105 Å². The minimum absolute atomic E-state index is 0.0171. The van der Waals surface area contributed by atoms with E-state index in [4.69, 9.17) is 5.73 Å². The third-order valence-electron chi connectivity index (χ3n) is 2.48. The first kappa shape index (κ1) is 14.0. The Morgan fingerprint density at radius 1 is 1.45 bits per heavy atom. The van der Waals surface area contributed by atoms with Gasteiger partial charge in [0.2, 0.25) is 11.8 Å². The van der Waals surface area contributed by atoms with Gasteiger partial charge in [0.15, 0.2) is 0 Å². The molecule has 1 aromatic heterocycles. The predicted octanol–water partition coefficient (Wildman–Crippen LogP) is 1.50. The molecule has 0 radical (unpaired) electrons. The van der Waals surface area contributed by atoms with Crippen molar-refractivity contribution >= 4 is 28.8 Å². The number of aromatic hydroxyl groups is 1. The number of phenolic OH excluding ortho intramolecular Hbond substituents is 1. The molecular formula is C13H13N3O3S. The Bertz CT molecular complexity index is 667. The molecule has 20 heavy (non-hydrogen) atoms. The lowest BCUT2D eigenvalue weighted by Crippen LogP contribution is -2.13. The van der Waals surface area contributed by atoms with Crippen molar-refractivity contribution in [2.24, 2.45) is 5.73 Å². The average Bonchev–Trinajstić information content (AvgIpc) is 2.79. The molecule has 4 N–H and O–H groups in total. The highest BCUT2D eigenvalue weighted by molar-refractivity contribution is 7.10. The average molecular weight is 291 g/mol. The highest BCUT2D eigenvalue weighted by atomic mass is 32.1. The molecular weight excluding hydrogens is 278 g/mol. The molecule has 1 heterocycles. The van der Waals surface area contributed by atoms with Crippen LogP contribution in [-0.2, 0) is 16.0 Å². The molecule has 0 aliphatic heterocycles. The number of nitrogens with two attached hydrogens (primary N) is 1. The van der Waals surface area contributed by atoms with Crippen molar-refractivity contribution in [3.63, 3.8) is 0 Å². The van der Waals surface area contributed by atoms with Gasteiger partial charge in [-0.2, -0.15) is 0 Å². The molecule has 0 aliphatic rings. The molecule has 0 atom stereocenters. The highest BCUT2D eigenvalue weighted by Gasteiger charge is 2.10. The van der Waals surface area contributed by atoms with Gasteiger partial charge in [-0.3, -0.25) is 9.59 Å². The summed E-state index contributed by atoms with van der Waals surface area (Å²) >= 11 is 1.33. The maximum atomic E-state index is 11.1. The van der Waals surface area contributed by atoms with Crippen LogP contribution in [0.1, 0.15) is 11.9 Å². The Balaban J connectivity index is 2.30. The Labute approximate surface area is 119 Å². The molecule has 0 saturated carbocycles. The fraction of sp³-hybridized carbons (Fsp3) is 0.154. The number of hydrogen-bond donors (Lipinski definition) is 3. The molecule has 2 amide bonds. The molecule has 0 fully saturated rings. The number of rotatable bonds is 4. The molecule has 0 spiro atoms. The van der Waals surface area contributed by atoms with Gasteiger partial charge in [0.05, 0.1) is 17.8 Å². The van der Waals surface area contributed by atoms with E-state index < -0.39 is 5.91 Å². The van der Waals surface area contributed by atoms with Crippen LogP contribution in [0.25, 0.3) is 11.3 Å². The summed E-state index contributed by atoms with van der Waals surface area (Å²) in [5, 5.41) is 14.6. The van der Waals surface area contributed by atoms with Gasteiger partial charge < -0.3 is 16.2 Å². The number of nitrogens with one attached hydrogen (secondary N) is 1. The SMILES string of the molecule is CC(=O)Nc1cc(-c2csc(CC(N)=O)n2)ccc1O. The first-order chi connectivity index (χ1) is 9.45. The number of carbonyl (C=O) groups is 2. The Hall–Kier alpha value is -2.41. The second-order valence-corrected chi connectivity index (χ2v) is 5.13. The number of carbonyl (C=O) groups excluding carboxylic acids is 2. The first-order valence-corrected chi connectivity index (χ1v) is 6.67. The minimum atomic E-state index is -0.435. The van der Waals surface area contributed by atoms with E-state index in [1.54, 1.807) is 17.5 Å². The van der Waals surface area contributed by atoms with Gasteiger partial charge in [-0.25, -0.2) is 4.98 Å². The maximum Gasteiger partial charge on any atom is 0.224 e. The summed E-state index contributed by atoms with van der Waals surface area (Å²) in [6.07, 6.45) is 0.0985. The van der Waals surface area contributed by atoms with Gasteiger partial charge >= 0.3 is 0 Å². The first-order valence-electron chi connectivity index (χ1n) is 5.79. The number of nitrogens with zero attached hydrogens (tertiary/aromatic N) is 1. The predicted molar refractivity (Wildman–Crippen MR) is 76.4 cm³/mol. The van der Waals surface area contributed by atoms with Crippen molar-refractivity contribution in [1.82, 2.24) is 4.98 Å². The molecule has 104 valence electrons. The van der Waals surface area contributed by atoms with Gasteiger partial charge in [-0.05, 0) is 18.2 Å². The van der Waals surface area contributed by atoms with Gasteiger partial charge in [-0.15, -0.1) is 11.3 Å². The third-order valence-corrected chi connectivity index (χ3v) is 3.33. The summed E-state index contributed by atoms with van der Waals surface area (Å²) in [7, 11) is 0. The van der Waals surface area contributed by atoms with Crippen LogP contribution < -0.4 is 11.1 Å². The lowest BCUT2D eigenvalue weighted by atomic mass is 10.1. The van der Waals surface area contributed by atoms with Crippen LogP contribution >= 0.6 is 11.3 Å². The van der Waals surface area contributed by atoms with Crippen LogP contribution in [0.15, 0.2) is 23.6 Å². The Morgan fingerprint density at radius 3 is 2.85 bits per heavy atom. The van der Waals surface area contributed by atoms with E-state index in [2.05, 4.69) is 10.3 Å². The number of thiazole rings is 1. The lowest BCUT2D eigenvalue weighted by molar-refractivity contribution is -0.117. The fourth-order valence-corrected chi connectivity index (χ4v) is 2.47. The van der Waals surface area contributed by atoms with Crippen LogP contribution in [0.3, 0.4) is 0 Å². The van der Waals surface area contributed by atoms with Crippen LogP contribution in [-0.4, -0.2) is 21.9 Å². The molecule has 0 unspecified atom stereocenters. The largest absolute Gasteiger partial charge is 0.506 e. The summed E-state index contributed by atoms with van der Waals surface area (Å²) < 4.78 is 0. The standard InChI is InChI=1S/C13H13N3O3S/c1-7(17)15-9-4-8(2-3-11(9)18)10-6-20-13(16-10)5-12(14)19/h2-4,6,18H,5H2,1H3,(H2,14,19)(H,15,17). The summed E-state index contributed by atoms with van der Waals surface area (Å²) in [5.41, 5.74) is 6.84. The van der Waals surface area contributed by atoms with Gasteiger partial charge in [0.1, 0.15) is 10.8 Å². The number of amides is 2. The molecule has 2 rings (SSSR count). The van der Waals surface area contributed by atoms with Crippen molar-refractivity contribution in [1.29, 1.82) is 0 Å². The smallest absolute Gasteiger partial charge is 0.224 e. The van der Waals surface area contributed by atoms with Crippen LogP contribution in [0.2, 0.25) is 0 Å². The molecule has 0 aliphatic carbocycles. The molecule has 1 aromatic carbocycles. The summed E-state index contributed by atoms with van der Waals surface area (Å²) in [6.45, 7) is 1.36. The second kappa shape index (κ2) is 5.70. The van der Waals surface area contributed by atoms with Crippen molar-refractivity contribution in [3.8, 4) is 17.0 Å². The maximum absolute atomic E-state index is 11.1. The van der Waals surface area contributed by atoms with E-state index in [9.17, 15) is 14.7 Å². The number of hydrogen-bond acceptors (Lipinski definition) is 5.